The Morgan fingerprint density at radius 2 is 1.79 bits per heavy atom. The van der Waals surface area contributed by atoms with E-state index in [4.69, 9.17) is 0 Å². The molecule has 0 aliphatic carbocycles. The monoisotopic (exact) mass is 460 g/mol. The average molecular weight is 461 g/mol. The molecule has 0 saturated carbocycles. The molecular formula is C27H32N4O3. The molecule has 4 rings (SSSR count). The van der Waals surface area contributed by atoms with Gasteiger partial charge in [0.05, 0.1) is 0 Å². The smallest absolute Gasteiger partial charge is 0.254 e. The first-order valence-electron chi connectivity index (χ1n) is 12.0. The number of amides is 3. The van der Waals surface area contributed by atoms with Gasteiger partial charge in [0.2, 0.25) is 11.8 Å². The summed E-state index contributed by atoms with van der Waals surface area (Å²) in [6.45, 7) is 5.25. The second-order valence-electron chi connectivity index (χ2n) is 8.93. The summed E-state index contributed by atoms with van der Waals surface area (Å²) in [5, 5.41) is 4.02. The van der Waals surface area contributed by atoms with E-state index >= 15 is 0 Å². The molecule has 1 fully saturated rings. The number of piperazine rings is 1. The van der Waals surface area contributed by atoms with E-state index in [2.05, 4.69) is 10.3 Å². The average Bonchev–Trinajstić information content (AvgIpc) is 3.26. The molecule has 1 saturated heterocycles. The highest BCUT2D eigenvalue weighted by Crippen LogP contribution is 2.21. The van der Waals surface area contributed by atoms with E-state index in [-0.39, 0.29) is 23.8 Å². The molecule has 2 aromatic carbocycles. The topological polar surface area (TPSA) is 85.5 Å². The first-order valence-corrected chi connectivity index (χ1v) is 12.0. The number of rotatable bonds is 7. The molecule has 34 heavy (non-hydrogen) atoms. The van der Waals surface area contributed by atoms with Crippen LogP contribution in [0.2, 0.25) is 0 Å². The van der Waals surface area contributed by atoms with Gasteiger partial charge in [-0.2, -0.15) is 0 Å². The summed E-state index contributed by atoms with van der Waals surface area (Å²) in [5.41, 5.74) is 2.65. The SMILES string of the molecule is CCCC(=O)NC(Cc1c[nH]c2ccccc12)C(=O)N1CCN(C(=O)c2ccccc2)C(C)C1. The lowest BCUT2D eigenvalue weighted by Crippen LogP contribution is -2.59. The number of aromatic amines is 1. The number of para-hydroxylation sites is 1. The molecule has 7 heteroatoms. The Bertz CT molecular complexity index is 1160. The fraction of sp³-hybridized carbons (Fsp3) is 0.370. The number of carbonyl (C=O) groups excluding carboxylic acids is 3. The third kappa shape index (κ3) is 5.14. The summed E-state index contributed by atoms with van der Waals surface area (Å²) >= 11 is 0. The highest BCUT2D eigenvalue weighted by molar-refractivity contribution is 5.95. The number of nitrogens with one attached hydrogen (secondary N) is 2. The van der Waals surface area contributed by atoms with Crippen LogP contribution >= 0.6 is 0 Å². The van der Waals surface area contributed by atoms with Crippen molar-refractivity contribution in [2.75, 3.05) is 19.6 Å². The summed E-state index contributed by atoms with van der Waals surface area (Å²) in [4.78, 5) is 45.8. The van der Waals surface area contributed by atoms with Gasteiger partial charge in [-0.25, -0.2) is 0 Å². The first kappa shape index (κ1) is 23.5. The number of fused-ring (bicyclic) bond motifs is 1. The maximum Gasteiger partial charge on any atom is 0.254 e. The lowest BCUT2D eigenvalue weighted by atomic mass is 10.0. The molecule has 2 heterocycles. The number of carbonyl (C=O) groups is 3. The molecule has 2 N–H and O–H groups in total. The van der Waals surface area contributed by atoms with E-state index in [1.54, 1.807) is 4.90 Å². The quantitative estimate of drug-likeness (QED) is 0.567. The zero-order chi connectivity index (χ0) is 24.1. The standard InChI is InChI=1S/C27H32N4O3/c1-3-9-25(32)29-24(16-21-17-28-23-13-8-7-12-22(21)23)27(34)30-14-15-31(19(2)18-30)26(33)20-10-5-4-6-11-20/h4-8,10-13,17,19,24,28H,3,9,14-16,18H2,1-2H3,(H,29,32). The molecule has 0 bridgehead atoms. The van der Waals surface area contributed by atoms with Crippen LogP contribution in [0.3, 0.4) is 0 Å². The minimum Gasteiger partial charge on any atom is -0.361 e. The van der Waals surface area contributed by atoms with Crippen molar-refractivity contribution >= 4 is 28.6 Å². The predicted octanol–water partition coefficient (Wildman–Crippen LogP) is 3.37. The maximum atomic E-state index is 13.6. The summed E-state index contributed by atoms with van der Waals surface area (Å²) in [6.07, 6.45) is 3.43. The normalized spacial score (nSPS) is 16.9. The molecule has 2 atom stereocenters. The maximum absolute atomic E-state index is 13.6. The van der Waals surface area contributed by atoms with Crippen molar-refractivity contribution in [2.24, 2.45) is 0 Å². The van der Waals surface area contributed by atoms with Gasteiger partial charge in [-0.15, -0.1) is 0 Å². The van der Waals surface area contributed by atoms with Gasteiger partial charge in [0.25, 0.3) is 5.91 Å². The summed E-state index contributed by atoms with van der Waals surface area (Å²) in [5.74, 6) is -0.244. The molecule has 1 aliphatic rings. The number of hydrogen-bond acceptors (Lipinski definition) is 3. The predicted molar refractivity (Wildman–Crippen MR) is 132 cm³/mol. The van der Waals surface area contributed by atoms with Crippen LogP contribution in [0.5, 0.6) is 0 Å². The second-order valence-corrected chi connectivity index (χ2v) is 8.93. The minimum atomic E-state index is -0.651. The van der Waals surface area contributed by atoms with Crippen molar-refractivity contribution in [1.29, 1.82) is 0 Å². The lowest BCUT2D eigenvalue weighted by molar-refractivity contribution is -0.138. The highest BCUT2D eigenvalue weighted by atomic mass is 16.2. The van der Waals surface area contributed by atoms with Crippen molar-refractivity contribution < 1.29 is 14.4 Å². The van der Waals surface area contributed by atoms with Gasteiger partial charge in [0, 0.05) is 61.2 Å². The Balaban J connectivity index is 1.48. The minimum absolute atomic E-state index is 0.0215. The van der Waals surface area contributed by atoms with Crippen LogP contribution in [0.4, 0.5) is 0 Å². The second kappa shape index (κ2) is 10.5. The van der Waals surface area contributed by atoms with E-state index in [1.165, 1.54) is 0 Å². The Hall–Kier alpha value is -3.61. The van der Waals surface area contributed by atoms with Gasteiger partial charge in [-0.05, 0) is 37.1 Å². The lowest BCUT2D eigenvalue weighted by Gasteiger charge is -2.41. The number of H-pyrrole nitrogens is 1. The summed E-state index contributed by atoms with van der Waals surface area (Å²) < 4.78 is 0. The molecule has 0 spiro atoms. The fourth-order valence-corrected chi connectivity index (χ4v) is 4.64. The molecule has 3 aromatic rings. The van der Waals surface area contributed by atoms with E-state index in [0.29, 0.717) is 38.0 Å². The van der Waals surface area contributed by atoms with Gasteiger partial charge in [0.15, 0.2) is 0 Å². The van der Waals surface area contributed by atoms with Crippen LogP contribution in [0.15, 0.2) is 60.8 Å². The van der Waals surface area contributed by atoms with Gasteiger partial charge in [-0.1, -0.05) is 43.3 Å². The highest BCUT2D eigenvalue weighted by Gasteiger charge is 2.34. The largest absolute Gasteiger partial charge is 0.361 e. The van der Waals surface area contributed by atoms with Crippen molar-refractivity contribution in [3.8, 4) is 0 Å². The van der Waals surface area contributed by atoms with E-state index in [1.807, 2.05) is 79.5 Å². The molecule has 1 aromatic heterocycles. The van der Waals surface area contributed by atoms with Crippen molar-refractivity contribution in [3.05, 3.63) is 71.9 Å². The van der Waals surface area contributed by atoms with Crippen molar-refractivity contribution in [2.45, 2.75) is 45.2 Å². The van der Waals surface area contributed by atoms with Gasteiger partial charge >= 0.3 is 0 Å². The number of hydrogen-bond donors (Lipinski definition) is 2. The van der Waals surface area contributed by atoms with E-state index in [9.17, 15) is 14.4 Å². The Morgan fingerprint density at radius 1 is 1.06 bits per heavy atom. The van der Waals surface area contributed by atoms with E-state index in [0.717, 1.165) is 22.9 Å². The van der Waals surface area contributed by atoms with Crippen LogP contribution in [0, 0.1) is 0 Å². The van der Waals surface area contributed by atoms with Crippen LogP contribution in [0.1, 0.15) is 42.6 Å². The molecule has 3 amide bonds. The Morgan fingerprint density at radius 3 is 2.53 bits per heavy atom. The molecule has 2 unspecified atom stereocenters. The van der Waals surface area contributed by atoms with Crippen LogP contribution < -0.4 is 5.32 Å². The Labute approximate surface area is 200 Å². The van der Waals surface area contributed by atoms with Crippen LogP contribution in [0.25, 0.3) is 10.9 Å². The molecular weight excluding hydrogens is 428 g/mol. The number of nitrogens with zero attached hydrogens (tertiary/aromatic N) is 2. The van der Waals surface area contributed by atoms with Gasteiger partial charge in [0.1, 0.15) is 6.04 Å². The van der Waals surface area contributed by atoms with Crippen molar-refractivity contribution in [3.63, 3.8) is 0 Å². The number of benzene rings is 2. The zero-order valence-corrected chi connectivity index (χ0v) is 19.8. The fourth-order valence-electron chi connectivity index (χ4n) is 4.64. The van der Waals surface area contributed by atoms with E-state index < -0.39 is 6.04 Å². The summed E-state index contributed by atoms with van der Waals surface area (Å²) in [7, 11) is 0. The third-order valence-electron chi connectivity index (χ3n) is 6.43. The summed E-state index contributed by atoms with van der Waals surface area (Å²) in [6, 6.07) is 16.4. The third-order valence-corrected chi connectivity index (χ3v) is 6.43. The van der Waals surface area contributed by atoms with Crippen molar-refractivity contribution in [1.82, 2.24) is 20.1 Å². The molecule has 7 nitrogen and oxygen atoms in total. The molecule has 178 valence electrons. The number of aromatic nitrogens is 1. The zero-order valence-electron chi connectivity index (χ0n) is 19.8. The van der Waals surface area contributed by atoms with Gasteiger partial charge < -0.3 is 20.1 Å². The molecule has 1 aliphatic heterocycles. The van der Waals surface area contributed by atoms with Crippen LogP contribution in [-0.2, 0) is 16.0 Å². The first-order chi connectivity index (χ1) is 16.5. The molecule has 0 radical (unpaired) electrons. The van der Waals surface area contributed by atoms with Crippen LogP contribution in [-0.4, -0.2) is 64.2 Å². The Kier molecular flexibility index (Phi) is 7.30. The van der Waals surface area contributed by atoms with Gasteiger partial charge in [-0.3, -0.25) is 14.4 Å².